The Morgan fingerprint density at radius 2 is 2.14 bits per heavy atom. The summed E-state index contributed by atoms with van der Waals surface area (Å²) in [6.45, 7) is 3.15. The number of hydrogen-bond donors (Lipinski definition) is 2. The van der Waals surface area contributed by atoms with Gasteiger partial charge in [-0.15, -0.1) is 0 Å². The van der Waals surface area contributed by atoms with E-state index in [2.05, 4.69) is 10.2 Å². The summed E-state index contributed by atoms with van der Waals surface area (Å²) in [5, 5.41) is 3.33. The highest BCUT2D eigenvalue weighted by molar-refractivity contribution is 5.57. The predicted molar refractivity (Wildman–Crippen MR) is 85.4 cm³/mol. The van der Waals surface area contributed by atoms with Crippen LogP contribution < -0.4 is 16.0 Å². The summed E-state index contributed by atoms with van der Waals surface area (Å²) in [5.41, 5.74) is 7.06. The summed E-state index contributed by atoms with van der Waals surface area (Å²) in [6.07, 6.45) is 4.14. The summed E-state index contributed by atoms with van der Waals surface area (Å²) < 4.78 is 19.5. The van der Waals surface area contributed by atoms with Crippen LogP contribution >= 0.6 is 0 Å². The Labute approximate surface area is 126 Å². The van der Waals surface area contributed by atoms with Crippen LogP contribution in [0.25, 0.3) is 0 Å². The first kappa shape index (κ1) is 16.0. The van der Waals surface area contributed by atoms with E-state index >= 15 is 0 Å². The normalized spacial score (nSPS) is 16.2. The van der Waals surface area contributed by atoms with E-state index in [0.717, 1.165) is 44.5 Å². The Bertz CT molecular complexity index is 436. The fourth-order valence-electron chi connectivity index (χ4n) is 2.81. The number of methoxy groups -OCH3 is 1. The van der Waals surface area contributed by atoms with E-state index < -0.39 is 0 Å². The van der Waals surface area contributed by atoms with Crippen molar-refractivity contribution in [1.29, 1.82) is 0 Å². The van der Waals surface area contributed by atoms with Gasteiger partial charge in [0.25, 0.3) is 0 Å². The van der Waals surface area contributed by atoms with Gasteiger partial charge in [-0.05, 0) is 50.4 Å². The van der Waals surface area contributed by atoms with E-state index in [9.17, 15) is 4.39 Å². The molecule has 4 nitrogen and oxygen atoms in total. The molecule has 1 saturated heterocycles. The van der Waals surface area contributed by atoms with Crippen LogP contribution in [0.2, 0.25) is 0 Å². The number of benzene rings is 1. The second-order valence-electron chi connectivity index (χ2n) is 5.59. The van der Waals surface area contributed by atoms with Crippen molar-refractivity contribution in [3.8, 4) is 0 Å². The Hall–Kier alpha value is -1.33. The van der Waals surface area contributed by atoms with Gasteiger partial charge in [-0.1, -0.05) is 0 Å². The molecular weight excluding hydrogens is 269 g/mol. The molecule has 1 aliphatic rings. The number of rotatable bonds is 8. The van der Waals surface area contributed by atoms with Crippen molar-refractivity contribution < 1.29 is 9.13 Å². The first-order valence-corrected chi connectivity index (χ1v) is 7.74. The first-order chi connectivity index (χ1) is 10.2. The molecule has 1 aromatic carbocycles. The first-order valence-electron chi connectivity index (χ1n) is 7.74. The van der Waals surface area contributed by atoms with Crippen molar-refractivity contribution >= 4 is 11.4 Å². The SMILES string of the molecule is COCC(CCCN)Nc1ccc(N2CCCC2)c(F)c1. The van der Waals surface area contributed by atoms with Gasteiger partial charge in [0.15, 0.2) is 0 Å². The average Bonchev–Trinajstić information content (AvgIpc) is 2.99. The van der Waals surface area contributed by atoms with Crippen molar-refractivity contribution in [2.75, 3.05) is 43.6 Å². The van der Waals surface area contributed by atoms with Gasteiger partial charge in [0.1, 0.15) is 5.82 Å². The number of nitrogens with zero attached hydrogens (tertiary/aromatic N) is 1. The van der Waals surface area contributed by atoms with E-state index in [0.29, 0.717) is 18.8 Å². The molecule has 1 aliphatic heterocycles. The van der Waals surface area contributed by atoms with Crippen LogP contribution in [-0.2, 0) is 4.74 Å². The summed E-state index contributed by atoms with van der Waals surface area (Å²) >= 11 is 0. The minimum Gasteiger partial charge on any atom is -0.383 e. The Balaban J connectivity index is 2.00. The molecular formula is C16H26FN3O. The second kappa shape index (κ2) is 8.20. The molecule has 0 amide bonds. The van der Waals surface area contributed by atoms with Gasteiger partial charge in [0, 0.05) is 31.9 Å². The third-order valence-electron chi connectivity index (χ3n) is 3.89. The van der Waals surface area contributed by atoms with Crippen molar-refractivity contribution in [2.45, 2.75) is 31.7 Å². The lowest BCUT2D eigenvalue weighted by Gasteiger charge is -2.21. The maximum absolute atomic E-state index is 14.3. The highest BCUT2D eigenvalue weighted by Gasteiger charge is 2.16. The Morgan fingerprint density at radius 3 is 2.76 bits per heavy atom. The zero-order valence-electron chi connectivity index (χ0n) is 12.8. The van der Waals surface area contributed by atoms with Crippen LogP contribution in [0, 0.1) is 5.82 Å². The monoisotopic (exact) mass is 295 g/mol. The molecule has 5 heteroatoms. The quantitative estimate of drug-likeness (QED) is 0.774. The number of nitrogens with one attached hydrogen (secondary N) is 1. The van der Waals surface area contributed by atoms with Crippen molar-refractivity contribution in [3.63, 3.8) is 0 Å². The third-order valence-corrected chi connectivity index (χ3v) is 3.89. The zero-order valence-corrected chi connectivity index (χ0v) is 12.8. The molecule has 1 atom stereocenters. The van der Waals surface area contributed by atoms with Crippen LogP contribution in [0.5, 0.6) is 0 Å². The topological polar surface area (TPSA) is 50.5 Å². The molecule has 21 heavy (non-hydrogen) atoms. The van der Waals surface area contributed by atoms with E-state index in [-0.39, 0.29) is 11.9 Å². The Kier molecular flexibility index (Phi) is 6.26. The van der Waals surface area contributed by atoms with Gasteiger partial charge >= 0.3 is 0 Å². The molecule has 0 aromatic heterocycles. The lowest BCUT2D eigenvalue weighted by Crippen LogP contribution is -2.26. The number of anilines is 2. The van der Waals surface area contributed by atoms with Gasteiger partial charge in [0.05, 0.1) is 12.3 Å². The standard InChI is InChI=1S/C16H26FN3O/c1-21-12-14(5-4-8-18)19-13-6-7-16(15(17)11-13)20-9-2-3-10-20/h6-7,11,14,19H,2-5,8-10,12,18H2,1H3. The Morgan fingerprint density at radius 1 is 1.38 bits per heavy atom. The summed E-state index contributed by atoms with van der Waals surface area (Å²) in [6, 6.07) is 5.56. The van der Waals surface area contributed by atoms with E-state index in [1.165, 1.54) is 0 Å². The van der Waals surface area contributed by atoms with Crippen molar-refractivity contribution in [3.05, 3.63) is 24.0 Å². The predicted octanol–water partition coefficient (Wildman–Crippen LogP) is 2.59. The zero-order chi connectivity index (χ0) is 15.1. The lowest BCUT2D eigenvalue weighted by molar-refractivity contribution is 0.182. The molecule has 1 fully saturated rings. The fourth-order valence-corrected chi connectivity index (χ4v) is 2.81. The van der Waals surface area contributed by atoms with Crippen LogP contribution in [0.4, 0.5) is 15.8 Å². The average molecular weight is 295 g/mol. The van der Waals surface area contributed by atoms with Gasteiger partial charge in [0.2, 0.25) is 0 Å². The molecule has 2 rings (SSSR count). The molecule has 3 N–H and O–H groups in total. The highest BCUT2D eigenvalue weighted by atomic mass is 19.1. The van der Waals surface area contributed by atoms with Gasteiger partial charge in [-0.3, -0.25) is 0 Å². The van der Waals surface area contributed by atoms with Gasteiger partial charge in [-0.25, -0.2) is 4.39 Å². The lowest BCUT2D eigenvalue weighted by atomic mass is 10.1. The van der Waals surface area contributed by atoms with E-state index in [1.807, 2.05) is 12.1 Å². The summed E-state index contributed by atoms with van der Waals surface area (Å²) in [4.78, 5) is 2.11. The molecule has 1 heterocycles. The maximum atomic E-state index is 14.3. The van der Waals surface area contributed by atoms with Crippen LogP contribution in [0.15, 0.2) is 18.2 Å². The largest absolute Gasteiger partial charge is 0.383 e. The number of hydrogen-bond acceptors (Lipinski definition) is 4. The van der Waals surface area contributed by atoms with E-state index in [1.54, 1.807) is 13.2 Å². The fraction of sp³-hybridized carbons (Fsp3) is 0.625. The smallest absolute Gasteiger partial charge is 0.148 e. The molecule has 0 bridgehead atoms. The molecule has 1 unspecified atom stereocenters. The van der Waals surface area contributed by atoms with Crippen LogP contribution in [-0.4, -0.2) is 39.4 Å². The van der Waals surface area contributed by atoms with Crippen LogP contribution in [0.3, 0.4) is 0 Å². The van der Waals surface area contributed by atoms with Gasteiger partial charge < -0.3 is 20.7 Å². The minimum atomic E-state index is -0.156. The molecule has 0 spiro atoms. The minimum absolute atomic E-state index is 0.156. The highest BCUT2D eigenvalue weighted by Crippen LogP contribution is 2.26. The molecule has 0 aliphatic carbocycles. The second-order valence-corrected chi connectivity index (χ2v) is 5.59. The number of halogens is 1. The number of ether oxygens (including phenoxy) is 1. The van der Waals surface area contributed by atoms with Crippen LogP contribution in [0.1, 0.15) is 25.7 Å². The molecule has 118 valence electrons. The summed E-state index contributed by atoms with van der Waals surface area (Å²) in [7, 11) is 1.67. The number of nitrogens with two attached hydrogens (primary N) is 1. The van der Waals surface area contributed by atoms with Crippen molar-refractivity contribution in [2.24, 2.45) is 5.73 Å². The molecule has 1 aromatic rings. The summed E-state index contributed by atoms with van der Waals surface area (Å²) in [5.74, 6) is -0.156. The van der Waals surface area contributed by atoms with Crippen molar-refractivity contribution in [1.82, 2.24) is 0 Å². The third kappa shape index (κ3) is 4.58. The van der Waals surface area contributed by atoms with E-state index in [4.69, 9.17) is 10.5 Å². The molecule has 0 saturated carbocycles. The molecule has 0 radical (unpaired) electrons. The van der Waals surface area contributed by atoms with Gasteiger partial charge in [-0.2, -0.15) is 0 Å². The maximum Gasteiger partial charge on any atom is 0.148 e.